The van der Waals surface area contributed by atoms with E-state index in [-0.39, 0.29) is 42.0 Å². The molecule has 0 atom stereocenters. The van der Waals surface area contributed by atoms with E-state index in [4.69, 9.17) is 9.90 Å². The van der Waals surface area contributed by atoms with Crippen LogP contribution < -0.4 is 42.0 Å². The zero-order chi connectivity index (χ0) is 6.08. The maximum atomic E-state index is 10.6. The molecule has 0 amide bonds. The number of carboxylic acid groups (broad SMARTS) is 1. The van der Waals surface area contributed by atoms with E-state index in [1.807, 2.05) is 0 Å². The summed E-state index contributed by atoms with van der Waals surface area (Å²) < 4.78 is 31.7. The van der Waals surface area contributed by atoms with Gasteiger partial charge in [0.15, 0.2) is 0 Å². The monoisotopic (exact) mass is 172 g/mol. The first-order chi connectivity index (χ1) is 2.94. The summed E-state index contributed by atoms with van der Waals surface area (Å²) in [6, 6.07) is 0. The number of aliphatic carboxylic acids is 1. The summed E-state index contributed by atoms with van der Waals surface area (Å²) in [6.07, 6.45) is -5.08. The van der Waals surface area contributed by atoms with Crippen molar-refractivity contribution >= 4 is 5.97 Å². The summed E-state index contributed by atoms with van der Waals surface area (Å²) in [7, 11) is 0. The quantitative estimate of drug-likeness (QED) is 0.371. The van der Waals surface area contributed by atoms with Gasteiger partial charge in [-0.1, -0.05) is 0 Å². The Hall–Kier alpha value is 0.550. The van der Waals surface area contributed by atoms with Crippen LogP contribution in [0.1, 0.15) is 0 Å². The summed E-state index contributed by atoms with van der Waals surface area (Å²) in [5.74, 6) is -2.76. The van der Waals surface area contributed by atoms with Crippen molar-refractivity contribution in [3.8, 4) is 0 Å². The third-order valence-corrected chi connectivity index (χ3v) is 0.243. The van der Waals surface area contributed by atoms with Gasteiger partial charge in [-0.15, -0.1) is 0 Å². The minimum Gasteiger partial charge on any atom is -1.00 e. The molecule has 0 aliphatic heterocycles. The molecule has 1 N–H and O–H groups in total. The van der Waals surface area contributed by atoms with Crippen LogP contribution in [0.2, 0.25) is 0 Å². The smallest absolute Gasteiger partial charge is 1.00 e. The molecular weight excluding hydrogens is 171 g/mol. The fourth-order valence-electron chi connectivity index (χ4n) is 0. The fraction of sp³-hybridized carbons (Fsp3) is 0.500. The first-order valence-corrected chi connectivity index (χ1v) is 1.24. The zero-order valence-corrected chi connectivity index (χ0v) is 7.12. The van der Waals surface area contributed by atoms with E-state index in [0.29, 0.717) is 0 Å². The Morgan fingerprint density at radius 1 is 1.33 bits per heavy atom. The third kappa shape index (κ3) is 8.55. The van der Waals surface area contributed by atoms with Crippen LogP contribution in [0.3, 0.4) is 0 Å². The molecule has 0 rings (SSSR count). The summed E-state index contributed by atoms with van der Waals surface area (Å²) in [4.78, 5) is 8.90. The van der Waals surface area contributed by atoms with Crippen molar-refractivity contribution in [3.05, 3.63) is 0 Å². The molecule has 0 unspecified atom stereocenters. The summed E-state index contributed by atoms with van der Waals surface area (Å²) >= 11 is 0. The van der Waals surface area contributed by atoms with E-state index >= 15 is 0 Å². The maximum Gasteiger partial charge on any atom is 1.00 e. The van der Waals surface area contributed by atoms with Crippen LogP contribution in [0, 0.1) is 0 Å². The Morgan fingerprint density at radius 3 is 1.44 bits per heavy atom. The molecule has 0 spiro atoms. The average molecular weight is 172 g/mol. The molecule has 50 valence electrons. The molecule has 0 aliphatic carbocycles. The van der Waals surface area contributed by atoms with Gasteiger partial charge in [0.2, 0.25) is 0 Å². The Labute approximate surface area is 77.1 Å². The van der Waals surface area contributed by atoms with E-state index < -0.39 is 12.1 Å². The van der Waals surface area contributed by atoms with Crippen LogP contribution in [-0.2, 0) is 4.79 Å². The first-order valence-electron chi connectivity index (χ1n) is 1.24. The molecule has 0 radical (unpaired) electrons. The summed E-state index contributed by atoms with van der Waals surface area (Å²) in [5.41, 5.74) is 0. The van der Waals surface area contributed by atoms with Gasteiger partial charge < -0.3 is 17.5 Å². The van der Waals surface area contributed by atoms with Crippen LogP contribution in [-0.4, -0.2) is 17.3 Å². The number of halogens is 4. The Balaban J connectivity index is -0.000000180. The van der Waals surface area contributed by atoms with E-state index in [9.17, 15) is 13.2 Å². The van der Waals surface area contributed by atoms with E-state index in [2.05, 4.69) is 0 Å². The van der Waals surface area contributed by atoms with E-state index in [0.717, 1.165) is 0 Å². The normalized spacial score (nSPS) is 8.78. The van der Waals surface area contributed by atoms with Gasteiger partial charge >= 0.3 is 41.7 Å². The van der Waals surface area contributed by atoms with Gasteiger partial charge in [0, 0.05) is 0 Å². The first kappa shape index (κ1) is 16.3. The van der Waals surface area contributed by atoms with Crippen LogP contribution in [0.5, 0.6) is 0 Å². The molecule has 0 saturated heterocycles. The van der Waals surface area contributed by atoms with Crippen molar-refractivity contribution in [2.45, 2.75) is 6.18 Å². The van der Waals surface area contributed by atoms with E-state index in [1.54, 1.807) is 0 Å². The van der Waals surface area contributed by atoms with Gasteiger partial charge in [0.25, 0.3) is 0 Å². The van der Waals surface area contributed by atoms with Crippen LogP contribution in [0.25, 0.3) is 0 Å². The fourth-order valence-corrected chi connectivity index (χ4v) is 0. The molecule has 9 heavy (non-hydrogen) atoms. The molecule has 0 heterocycles. The number of hydrogen-bond acceptors (Lipinski definition) is 1. The Kier molecular flexibility index (Phi) is 9.66. The number of alkyl halides is 3. The van der Waals surface area contributed by atoms with Crippen molar-refractivity contribution in [2.24, 2.45) is 0 Å². The van der Waals surface area contributed by atoms with Gasteiger partial charge in [-0.3, -0.25) is 0 Å². The van der Waals surface area contributed by atoms with Crippen LogP contribution in [0.15, 0.2) is 0 Å². The number of rotatable bonds is 0. The number of carbonyl (C=O) groups is 1. The molecule has 0 aromatic carbocycles. The standard InChI is InChI=1S/C2HF3O2.ClH.Na/c3-2(4,5)1(6)7;;/h(H,6,7);1H;/q;;+1/p-1. The van der Waals surface area contributed by atoms with Gasteiger partial charge in [0.1, 0.15) is 0 Å². The van der Waals surface area contributed by atoms with Crippen molar-refractivity contribution in [2.75, 3.05) is 0 Å². The van der Waals surface area contributed by atoms with Crippen molar-refractivity contribution < 1.29 is 65.0 Å². The molecule has 7 heteroatoms. The largest absolute Gasteiger partial charge is 1.00 e. The number of carboxylic acids is 1. The second-order valence-electron chi connectivity index (χ2n) is 0.803. The molecule has 0 fully saturated rings. The third-order valence-electron chi connectivity index (χ3n) is 0.243. The maximum absolute atomic E-state index is 10.6. The average Bonchev–Trinajstić information content (AvgIpc) is 1.31. The molecule has 0 bridgehead atoms. The molecule has 0 aliphatic rings. The van der Waals surface area contributed by atoms with Crippen molar-refractivity contribution in [1.82, 2.24) is 0 Å². The molecule has 2 nitrogen and oxygen atoms in total. The predicted molar refractivity (Wildman–Crippen MR) is 13.7 cm³/mol. The molecule has 0 saturated carbocycles. The Bertz CT molecular complexity index is 92.3. The molecule has 0 aromatic heterocycles. The van der Waals surface area contributed by atoms with Gasteiger partial charge in [-0.2, -0.15) is 13.2 Å². The van der Waals surface area contributed by atoms with Crippen LogP contribution >= 0.6 is 0 Å². The SMILES string of the molecule is O=C(O)C(F)(F)F.[Cl-].[Na+]. The molecule has 0 aromatic rings. The minimum atomic E-state index is -5.08. The topological polar surface area (TPSA) is 37.3 Å². The second kappa shape index (κ2) is 5.34. The van der Waals surface area contributed by atoms with Crippen LogP contribution in [0.4, 0.5) is 13.2 Å². The van der Waals surface area contributed by atoms with Gasteiger partial charge in [0.05, 0.1) is 0 Å². The summed E-state index contributed by atoms with van der Waals surface area (Å²) in [6.45, 7) is 0. The predicted octanol–water partition coefficient (Wildman–Crippen LogP) is -5.36. The van der Waals surface area contributed by atoms with Crippen molar-refractivity contribution in [1.29, 1.82) is 0 Å². The minimum absolute atomic E-state index is 0. The van der Waals surface area contributed by atoms with Crippen molar-refractivity contribution in [3.63, 3.8) is 0 Å². The van der Waals surface area contributed by atoms with E-state index in [1.165, 1.54) is 0 Å². The molecular formula is C2HClF3NaO2. The van der Waals surface area contributed by atoms with Gasteiger partial charge in [-0.25, -0.2) is 4.79 Å². The zero-order valence-electron chi connectivity index (χ0n) is 4.37. The number of hydrogen-bond donors (Lipinski definition) is 1. The Morgan fingerprint density at radius 2 is 1.44 bits per heavy atom. The summed E-state index contributed by atoms with van der Waals surface area (Å²) in [5, 5.41) is 7.12. The van der Waals surface area contributed by atoms with Gasteiger partial charge in [-0.05, 0) is 0 Å². The second-order valence-corrected chi connectivity index (χ2v) is 0.803.